The van der Waals surface area contributed by atoms with Crippen molar-refractivity contribution in [1.29, 1.82) is 0 Å². The molecule has 0 unspecified atom stereocenters. The molecule has 0 aliphatic carbocycles. The Morgan fingerprint density at radius 1 is 1.36 bits per heavy atom. The van der Waals surface area contributed by atoms with Crippen molar-refractivity contribution in [2.75, 3.05) is 12.4 Å². The first-order chi connectivity index (χ1) is 12.0. The predicted molar refractivity (Wildman–Crippen MR) is 96.8 cm³/mol. The number of methoxy groups -OCH3 is 1. The summed E-state index contributed by atoms with van der Waals surface area (Å²) in [6, 6.07) is 8.15. The summed E-state index contributed by atoms with van der Waals surface area (Å²) in [5.41, 5.74) is 3.22. The Morgan fingerprint density at radius 2 is 2.08 bits per heavy atom. The fraction of sp³-hybridized carbons (Fsp3) is 0.176. The molecule has 8 heteroatoms. The van der Waals surface area contributed by atoms with E-state index in [9.17, 15) is 14.9 Å². The molecule has 0 radical (unpaired) electrons. The number of nitrogens with one attached hydrogen (secondary N) is 1. The standard InChI is InChI=1S/C17H15N3O4S/c1-10-7-12(8-24-2)14-15(18-9-21)16(25-17(14)19-10)11-3-5-13(6-4-11)20(22)23/h3-7,9H,8H2,1-2H3,(H,18,21). The summed E-state index contributed by atoms with van der Waals surface area (Å²) in [7, 11) is 1.61. The van der Waals surface area contributed by atoms with E-state index in [1.54, 1.807) is 19.2 Å². The molecule has 0 aliphatic heterocycles. The van der Waals surface area contributed by atoms with Crippen LogP contribution < -0.4 is 5.32 Å². The Bertz CT molecular complexity index is 951. The lowest BCUT2D eigenvalue weighted by Crippen LogP contribution is -1.98. The highest BCUT2D eigenvalue weighted by atomic mass is 32.1. The Morgan fingerprint density at radius 3 is 2.68 bits per heavy atom. The van der Waals surface area contributed by atoms with Crippen LogP contribution in [-0.4, -0.2) is 23.4 Å². The van der Waals surface area contributed by atoms with Gasteiger partial charge in [-0.1, -0.05) is 0 Å². The zero-order valence-corrected chi connectivity index (χ0v) is 14.4. The minimum absolute atomic E-state index is 0.0174. The van der Waals surface area contributed by atoms with Gasteiger partial charge in [0.25, 0.3) is 5.69 Å². The van der Waals surface area contributed by atoms with Crippen molar-refractivity contribution in [3.63, 3.8) is 0 Å². The summed E-state index contributed by atoms with van der Waals surface area (Å²) in [5.74, 6) is 0. The first-order valence-electron chi connectivity index (χ1n) is 7.42. The summed E-state index contributed by atoms with van der Waals surface area (Å²) >= 11 is 1.43. The number of nitrogens with zero attached hydrogens (tertiary/aromatic N) is 2. The lowest BCUT2D eigenvalue weighted by molar-refractivity contribution is -0.384. The number of nitro benzene ring substituents is 1. The Balaban J connectivity index is 2.23. The second-order valence-electron chi connectivity index (χ2n) is 5.41. The first kappa shape index (κ1) is 17.0. The van der Waals surface area contributed by atoms with Crippen molar-refractivity contribution in [3.8, 4) is 10.4 Å². The third kappa shape index (κ3) is 3.21. The SMILES string of the molecule is COCc1cc(C)nc2sc(-c3ccc([N+](=O)[O-])cc3)c(NC=O)c12. The number of rotatable bonds is 6. The van der Waals surface area contributed by atoms with E-state index in [0.29, 0.717) is 18.7 Å². The lowest BCUT2D eigenvalue weighted by atomic mass is 10.1. The third-order valence-electron chi connectivity index (χ3n) is 3.72. The lowest BCUT2D eigenvalue weighted by Gasteiger charge is -2.07. The molecule has 0 saturated carbocycles. The van der Waals surface area contributed by atoms with E-state index in [2.05, 4.69) is 10.3 Å². The van der Waals surface area contributed by atoms with Gasteiger partial charge >= 0.3 is 0 Å². The van der Waals surface area contributed by atoms with E-state index < -0.39 is 4.92 Å². The fourth-order valence-corrected chi connectivity index (χ4v) is 3.95. The normalized spacial score (nSPS) is 10.8. The van der Waals surface area contributed by atoms with Crippen molar-refractivity contribution in [2.24, 2.45) is 0 Å². The van der Waals surface area contributed by atoms with E-state index in [4.69, 9.17) is 4.74 Å². The Hall–Kier alpha value is -2.84. The maximum atomic E-state index is 11.1. The topological polar surface area (TPSA) is 94.4 Å². The van der Waals surface area contributed by atoms with Gasteiger partial charge in [-0.2, -0.15) is 0 Å². The van der Waals surface area contributed by atoms with E-state index in [0.717, 1.165) is 31.9 Å². The number of aryl methyl sites for hydroxylation is 1. The minimum atomic E-state index is -0.444. The maximum absolute atomic E-state index is 11.1. The minimum Gasteiger partial charge on any atom is -0.380 e. The molecule has 2 aromatic heterocycles. The van der Waals surface area contributed by atoms with Gasteiger partial charge < -0.3 is 10.1 Å². The fourth-order valence-electron chi connectivity index (χ4n) is 2.72. The van der Waals surface area contributed by atoms with Gasteiger partial charge in [0.1, 0.15) is 4.83 Å². The van der Waals surface area contributed by atoms with E-state index >= 15 is 0 Å². The largest absolute Gasteiger partial charge is 0.380 e. The van der Waals surface area contributed by atoms with Crippen LogP contribution in [0, 0.1) is 17.0 Å². The van der Waals surface area contributed by atoms with Crippen LogP contribution in [0.3, 0.4) is 0 Å². The number of benzene rings is 1. The van der Waals surface area contributed by atoms with Crippen LogP contribution in [0.5, 0.6) is 0 Å². The monoisotopic (exact) mass is 357 g/mol. The molecule has 0 saturated heterocycles. The highest BCUT2D eigenvalue weighted by Gasteiger charge is 2.19. The number of hydrogen-bond donors (Lipinski definition) is 1. The van der Waals surface area contributed by atoms with Crippen molar-refractivity contribution in [3.05, 3.63) is 51.7 Å². The predicted octanol–water partition coefficient (Wildman–Crippen LogP) is 3.89. The summed E-state index contributed by atoms with van der Waals surface area (Å²) in [5, 5.41) is 14.4. The molecule has 25 heavy (non-hydrogen) atoms. The highest BCUT2D eigenvalue weighted by Crippen LogP contribution is 2.43. The molecular formula is C17H15N3O4S. The molecule has 128 valence electrons. The Kier molecular flexibility index (Phi) is 4.73. The number of aromatic nitrogens is 1. The number of thiophene rings is 1. The summed E-state index contributed by atoms with van der Waals surface area (Å²) < 4.78 is 5.27. The zero-order chi connectivity index (χ0) is 18.0. The molecular weight excluding hydrogens is 342 g/mol. The number of nitro groups is 1. The van der Waals surface area contributed by atoms with Crippen LogP contribution in [0.2, 0.25) is 0 Å². The number of carbonyl (C=O) groups excluding carboxylic acids is 1. The van der Waals surface area contributed by atoms with Gasteiger partial charge in [0.05, 0.1) is 22.1 Å². The van der Waals surface area contributed by atoms with Crippen molar-refractivity contribution in [1.82, 2.24) is 4.98 Å². The molecule has 3 rings (SSSR count). The van der Waals surface area contributed by atoms with E-state index in [1.165, 1.54) is 23.5 Å². The number of amides is 1. The number of non-ortho nitro benzene ring substituents is 1. The van der Waals surface area contributed by atoms with Crippen LogP contribution in [0.4, 0.5) is 11.4 Å². The quantitative estimate of drug-likeness (QED) is 0.410. The number of pyridine rings is 1. The summed E-state index contributed by atoms with van der Waals surface area (Å²) in [6.45, 7) is 2.29. The van der Waals surface area contributed by atoms with E-state index in [1.807, 2.05) is 13.0 Å². The molecule has 0 aliphatic rings. The average Bonchev–Trinajstić information content (AvgIpc) is 2.94. The van der Waals surface area contributed by atoms with Gasteiger partial charge in [0.2, 0.25) is 6.41 Å². The number of hydrogen-bond acceptors (Lipinski definition) is 6. The van der Waals surface area contributed by atoms with Crippen molar-refractivity contribution in [2.45, 2.75) is 13.5 Å². The first-order valence-corrected chi connectivity index (χ1v) is 8.23. The summed E-state index contributed by atoms with van der Waals surface area (Å²) in [6.07, 6.45) is 0.618. The molecule has 3 aromatic rings. The molecule has 0 atom stereocenters. The maximum Gasteiger partial charge on any atom is 0.269 e. The van der Waals surface area contributed by atoms with E-state index in [-0.39, 0.29) is 5.69 Å². The molecule has 1 amide bonds. The van der Waals surface area contributed by atoms with Crippen LogP contribution in [0.25, 0.3) is 20.7 Å². The van der Waals surface area contributed by atoms with Crippen LogP contribution in [0.15, 0.2) is 30.3 Å². The summed E-state index contributed by atoms with van der Waals surface area (Å²) in [4.78, 5) is 27.7. The number of anilines is 1. The van der Waals surface area contributed by atoms with Gasteiger partial charge in [-0.25, -0.2) is 4.98 Å². The molecule has 2 heterocycles. The van der Waals surface area contributed by atoms with Crippen LogP contribution in [0.1, 0.15) is 11.3 Å². The second-order valence-corrected chi connectivity index (χ2v) is 6.41. The van der Waals surface area contributed by atoms with Gasteiger partial charge in [-0.3, -0.25) is 14.9 Å². The molecule has 1 N–H and O–H groups in total. The van der Waals surface area contributed by atoms with Crippen molar-refractivity contribution < 1.29 is 14.5 Å². The third-order valence-corrected chi connectivity index (χ3v) is 4.85. The van der Waals surface area contributed by atoms with Crippen molar-refractivity contribution >= 4 is 39.3 Å². The molecule has 0 spiro atoms. The second kappa shape index (κ2) is 6.96. The molecule has 1 aromatic carbocycles. The molecule has 0 fully saturated rings. The molecule has 7 nitrogen and oxygen atoms in total. The van der Waals surface area contributed by atoms with Crippen LogP contribution >= 0.6 is 11.3 Å². The smallest absolute Gasteiger partial charge is 0.269 e. The highest BCUT2D eigenvalue weighted by molar-refractivity contribution is 7.22. The number of carbonyl (C=O) groups is 1. The number of ether oxygens (including phenoxy) is 1. The number of fused-ring (bicyclic) bond motifs is 1. The van der Waals surface area contributed by atoms with Crippen LogP contribution in [-0.2, 0) is 16.1 Å². The average molecular weight is 357 g/mol. The van der Waals surface area contributed by atoms with Gasteiger partial charge in [-0.15, -0.1) is 11.3 Å². The van der Waals surface area contributed by atoms with Gasteiger partial charge in [-0.05, 0) is 36.2 Å². The zero-order valence-electron chi connectivity index (χ0n) is 13.6. The Labute approximate surface area is 147 Å². The van der Waals surface area contributed by atoms with Gasteiger partial charge in [0.15, 0.2) is 0 Å². The molecule has 0 bridgehead atoms. The van der Waals surface area contributed by atoms with Gasteiger partial charge in [0, 0.05) is 30.3 Å².